The Morgan fingerprint density at radius 3 is 2.53 bits per heavy atom. The molecule has 7 nitrogen and oxygen atoms in total. The maximum absolute atomic E-state index is 14.3. The van der Waals surface area contributed by atoms with Crippen molar-refractivity contribution in [2.45, 2.75) is 32.7 Å². The molecule has 1 amide bonds. The Bertz CT molecular complexity index is 1250. The number of carbonyl (C=O) groups is 1. The number of pyridine rings is 1. The third kappa shape index (κ3) is 7.77. The van der Waals surface area contributed by atoms with Crippen LogP contribution in [0.4, 0.5) is 23.2 Å². The van der Waals surface area contributed by atoms with Crippen LogP contribution < -0.4 is 14.8 Å². The first-order chi connectivity index (χ1) is 15.7. The van der Waals surface area contributed by atoms with E-state index in [1.807, 2.05) is 4.72 Å². The number of anilines is 1. The highest BCUT2D eigenvalue weighted by atomic mass is 32.2. The van der Waals surface area contributed by atoms with Gasteiger partial charge in [-0.1, -0.05) is 5.92 Å². The maximum Gasteiger partial charge on any atom is 0.433 e. The highest BCUT2D eigenvalue weighted by Crippen LogP contribution is 2.31. The van der Waals surface area contributed by atoms with Gasteiger partial charge in [-0.2, -0.15) is 13.2 Å². The summed E-state index contributed by atoms with van der Waals surface area (Å²) in [5.74, 6) is 0.321. The Morgan fingerprint density at radius 2 is 1.97 bits per heavy atom. The first-order valence-electron chi connectivity index (χ1n) is 9.67. The number of alkyl halides is 3. The van der Waals surface area contributed by atoms with E-state index in [1.165, 1.54) is 12.1 Å². The average molecular weight is 499 g/mol. The molecule has 0 aliphatic carbocycles. The lowest BCUT2D eigenvalue weighted by molar-refractivity contribution is -0.141. The number of benzene rings is 1. The third-order valence-electron chi connectivity index (χ3n) is 4.00. The number of aromatic nitrogens is 1. The van der Waals surface area contributed by atoms with Crippen LogP contribution in [0.25, 0.3) is 6.08 Å². The second-order valence-corrected chi connectivity index (χ2v) is 9.07. The molecule has 0 saturated heterocycles. The third-order valence-corrected chi connectivity index (χ3v) is 4.58. The lowest BCUT2D eigenvalue weighted by atomic mass is 10.1. The summed E-state index contributed by atoms with van der Waals surface area (Å²) in [6.07, 6.45) is 3.33. The van der Waals surface area contributed by atoms with E-state index in [0.29, 0.717) is 0 Å². The fraction of sp³-hybridized carbons (Fsp3) is 0.273. The number of amides is 1. The van der Waals surface area contributed by atoms with E-state index in [0.717, 1.165) is 30.5 Å². The molecule has 0 spiro atoms. The molecule has 2 rings (SSSR count). The van der Waals surface area contributed by atoms with Crippen LogP contribution >= 0.6 is 0 Å². The van der Waals surface area contributed by atoms with Crippen LogP contribution in [0.5, 0.6) is 5.88 Å². The molecule has 1 aromatic heterocycles. The van der Waals surface area contributed by atoms with Crippen LogP contribution in [0.2, 0.25) is 0 Å². The molecule has 2 N–H and O–H groups in total. The van der Waals surface area contributed by atoms with Crippen molar-refractivity contribution < 1.29 is 35.5 Å². The Labute approximate surface area is 194 Å². The molecule has 0 aliphatic rings. The molecule has 0 bridgehead atoms. The molecule has 2 aromatic rings. The lowest BCUT2D eigenvalue weighted by Gasteiger charge is -2.14. The molecule has 0 fully saturated rings. The SMILES string of the molecule is C#Cc1cc(CNC(=O)C=Cc2ccc(C(F)(F)F)nc2OC(C)C)cc(F)c1NS(C)(=O)=O. The number of nitrogens with zero attached hydrogens (tertiary/aromatic N) is 1. The first kappa shape index (κ1) is 26.7. The molecular weight excluding hydrogens is 478 g/mol. The van der Waals surface area contributed by atoms with Crippen LogP contribution in [0, 0.1) is 18.2 Å². The fourth-order valence-electron chi connectivity index (χ4n) is 2.64. The van der Waals surface area contributed by atoms with Gasteiger partial charge in [-0.25, -0.2) is 17.8 Å². The van der Waals surface area contributed by atoms with Crippen molar-refractivity contribution in [2.75, 3.05) is 11.0 Å². The molecule has 1 heterocycles. The van der Waals surface area contributed by atoms with Crippen molar-refractivity contribution in [3.63, 3.8) is 0 Å². The molecule has 1 aromatic carbocycles. The number of terminal acetylenes is 1. The van der Waals surface area contributed by atoms with Crippen molar-refractivity contribution in [2.24, 2.45) is 0 Å². The average Bonchev–Trinajstić information content (AvgIpc) is 2.70. The van der Waals surface area contributed by atoms with E-state index < -0.39 is 39.7 Å². The standard InChI is InChI=1S/C22H21F4N3O4S/c1-5-15-10-14(11-17(23)20(15)29-34(4,31)32)12-27-19(30)9-7-16-6-8-18(22(24,25)26)28-21(16)33-13(2)3/h1,6-11,13,29H,12H2,2-4H3,(H,27,30). The van der Waals surface area contributed by atoms with Gasteiger partial charge in [0.2, 0.25) is 21.8 Å². The van der Waals surface area contributed by atoms with Crippen molar-refractivity contribution in [3.05, 3.63) is 58.5 Å². The van der Waals surface area contributed by atoms with Gasteiger partial charge in [-0.3, -0.25) is 9.52 Å². The first-order valence-corrected chi connectivity index (χ1v) is 11.6. The second kappa shape index (κ2) is 10.6. The van der Waals surface area contributed by atoms with Crippen LogP contribution in [-0.4, -0.2) is 31.7 Å². The Balaban J connectivity index is 2.17. The summed E-state index contributed by atoms with van der Waals surface area (Å²) in [5.41, 5.74) is -1.17. The molecule has 0 saturated carbocycles. The number of ether oxygens (including phenoxy) is 1. The maximum atomic E-state index is 14.3. The summed E-state index contributed by atoms with van der Waals surface area (Å²) >= 11 is 0. The molecule has 0 unspecified atom stereocenters. The molecule has 34 heavy (non-hydrogen) atoms. The van der Waals surface area contributed by atoms with Gasteiger partial charge in [0.05, 0.1) is 23.6 Å². The largest absolute Gasteiger partial charge is 0.475 e. The topological polar surface area (TPSA) is 97.4 Å². The minimum Gasteiger partial charge on any atom is -0.475 e. The number of halogens is 4. The van der Waals surface area contributed by atoms with Gasteiger partial charge in [0.25, 0.3) is 0 Å². The number of sulfonamides is 1. The van der Waals surface area contributed by atoms with E-state index in [1.54, 1.807) is 13.8 Å². The van der Waals surface area contributed by atoms with Crippen LogP contribution in [0.3, 0.4) is 0 Å². The normalized spacial score (nSPS) is 12.0. The zero-order chi connectivity index (χ0) is 25.7. The Morgan fingerprint density at radius 1 is 1.29 bits per heavy atom. The number of carbonyl (C=O) groups excluding carboxylic acids is 1. The number of hydrogen-bond donors (Lipinski definition) is 2. The van der Waals surface area contributed by atoms with Crippen LogP contribution in [0.1, 0.15) is 36.2 Å². The van der Waals surface area contributed by atoms with E-state index in [-0.39, 0.29) is 34.8 Å². The van der Waals surface area contributed by atoms with Gasteiger partial charge in [-0.15, -0.1) is 6.42 Å². The quantitative estimate of drug-likeness (QED) is 0.328. The fourth-order valence-corrected chi connectivity index (χ4v) is 3.21. The van der Waals surface area contributed by atoms with Crippen LogP contribution in [-0.2, 0) is 27.5 Å². The van der Waals surface area contributed by atoms with Crippen LogP contribution in [0.15, 0.2) is 30.3 Å². The van der Waals surface area contributed by atoms with Gasteiger partial charge in [0.1, 0.15) is 11.5 Å². The number of rotatable bonds is 8. The Hall–Kier alpha value is -3.59. The van der Waals surface area contributed by atoms with Gasteiger partial charge in [0.15, 0.2) is 0 Å². The second-order valence-electron chi connectivity index (χ2n) is 7.33. The van der Waals surface area contributed by atoms with Gasteiger partial charge >= 0.3 is 6.18 Å². The monoisotopic (exact) mass is 499 g/mol. The van der Waals surface area contributed by atoms with E-state index >= 15 is 0 Å². The zero-order valence-corrected chi connectivity index (χ0v) is 19.1. The summed E-state index contributed by atoms with van der Waals surface area (Å²) in [5, 5.41) is 2.47. The summed E-state index contributed by atoms with van der Waals surface area (Å²) in [6.45, 7) is 3.07. The number of hydrogen-bond acceptors (Lipinski definition) is 5. The summed E-state index contributed by atoms with van der Waals surface area (Å²) in [4.78, 5) is 15.7. The molecular formula is C22H21F4N3O4S. The van der Waals surface area contributed by atoms with Crippen molar-refractivity contribution in [1.82, 2.24) is 10.3 Å². The highest BCUT2D eigenvalue weighted by Gasteiger charge is 2.33. The highest BCUT2D eigenvalue weighted by molar-refractivity contribution is 7.92. The van der Waals surface area contributed by atoms with Crippen molar-refractivity contribution >= 4 is 27.7 Å². The molecule has 0 aliphatic heterocycles. The molecule has 182 valence electrons. The van der Waals surface area contributed by atoms with E-state index in [4.69, 9.17) is 11.2 Å². The van der Waals surface area contributed by atoms with E-state index in [9.17, 15) is 30.8 Å². The molecule has 0 atom stereocenters. The minimum atomic E-state index is -4.66. The Kier molecular flexibility index (Phi) is 8.28. The van der Waals surface area contributed by atoms with Gasteiger partial charge in [-0.05, 0) is 49.8 Å². The van der Waals surface area contributed by atoms with Gasteiger partial charge < -0.3 is 10.1 Å². The minimum absolute atomic E-state index is 0.0588. The van der Waals surface area contributed by atoms with Crippen molar-refractivity contribution in [3.8, 4) is 18.2 Å². The number of nitrogens with one attached hydrogen (secondary N) is 2. The predicted molar refractivity (Wildman–Crippen MR) is 119 cm³/mol. The smallest absolute Gasteiger partial charge is 0.433 e. The summed E-state index contributed by atoms with van der Waals surface area (Å²) in [6, 6.07) is 4.22. The van der Waals surface area contributed by atoms with Crippen molar-refractivity contribution in [1.29, 1.82) is 0 Å². The van der Waals surface area contributed by atoms with E-state index in [2.05, 4.69) is 16.2 Å². The zero-order valence-electron chi connectivity index (χ0n) is 18.3. The summed E-state index contributed by atoms with van der Waals surface area (Å²) < 4.78 is 83.2. The molecule has 0 radical (unpaired) electrons. The molecule has 12 heteroatoms. The summed E-state index contributed by atoms with van der Waals surface area (Å²) in [7, 11) is -3.77. The predicted octanol–water partition coefficient (Wildman–Crippen LogP) is 3.71. The van der Waals surface area contributed by atoms with Gasteiger partial charge in [0, 0.05) is 18.2 Å². The lowest BCUT2D eigenvalue weighted by Crippen LogP contribution is -2.21.